The number of hydrogen-bond acceptors (Lipinski definition) is 5. The van der Waals surface area contributed by atoms with Crippen LogP contribution >= 0.6 is 11.6 Å². The van der Waals surface area contributed by atoms with Crippen LogP contribution in [0.1, 0.15) is 54.6 Å². The Morgan fingerprint density at radius 1 is 1.28 bits per heavy atom. The van der Waals surface area contributed by atoms with Crippen molar-refractivity contribution in [2.24, 2.45) is 11.3 Å². The number of carbonyl (C=O) groups excluding carboxylic acids is 1. The zero-order chi connectivity index (χ0) is 20.9. The van der Waals surface area contributed by atoms with Crippen LogP contribution in [-0.4, -0.2) is 11.1 Å². The third-order valence-electron chi connectivity index (χ3n) is 5.73. The van der Waals surface area contributed by atoms with Crippen molar-refractivity contribution in [2.75, 3.05) is 5.32 Å². The summed E-state index contributed by atoms with van der Waals surface area (Å²) in [7, 11) is 0. The van der Waals surface area contributed by atoms with Crippen LogP contribution in [0.15, 0.2) is 31.9 Å². The van der Waals surface area contributed by atoms with E-state index in [-0.39, 0.29) is 16.6 Å². The average molecular weight is 415 g/mol. The van der Waals surface area contributed by atoms with E-state index < -0.39 is 5.91 Å². The van der Waals surface area contributed by atoms with Gasteiger partial charge in [0.15, 0.2) is 11.2 Å². The van der Waals surface area contributed by atoms with Gasteiger partial charge in [-0.05, 0) is 55.2 Å². The zero-order valence-electron chi connectivity index (χ0n) is 16.9. The molecule has 1 aliphatic rings. The lowest BCUT2D eigenvalue weighted by atomic mass is 9.72. The van der Waals surface area contributed by atoms with E-state index >= 15 is 0 Å². The van der Waals surface area contributed by atoms with Gasteiger partial charge in [0.25, 0.3) is 5.91 Å². The number of halogens is 1. The molecule has 1 atom stereocenters. The van der Waals surface area contributed by atoms with Crippen molar-refractivity contribution < 1.29 is 13.7 Å². The van der Waals surface area contributed by atoms with Crippen LogP contribution in [0.2, 0.25) is 5.02 Å². The second-order valence-electron chi connectivity index (χ2n) is 8.77. The van der Waals surface area contributed by atoms with Crippen LogP contribution in [-0.2, 0) is 12.8 Å². The number of benzene rings is 1. The van der Waals surface area contributed by atoms with Crippen molar-refractivity contribution in [2.45, 2.75) is 47.0 Å². The molecular weight excluding hydrogens is 392 g/mol. The number of anilines is 1. The summed E-state index contributed by atoms with van der Waals surface area (Å²) in [6, 6.07) is 4.38. The predicted octanol–water partition coefficient (Wildman–Crippen LogP) is 5.15. The van der Waals surface area contributed by atoms with Gasteiger partial charge >= 0.3 is 0 Å². The van der Waals surface area contributed by atoms with Gasteiger partial charge in [-0.3, -0.25) is 14.9 Å². The minimum absolute atomic E-state index is 0.0856. The lowest BCUT2D eigenvalue weighted by Crippen LogP contribution is -2.27. The van der Waals surface area contributed by atoms with E-state index in [0.717, 1.165) is 36.1 Å². The molecule has 152 valence electrons. The summed E-state index contributed by atoms with van der Waals surface area (Å²) in [6.45, 7) is 8.45. The average Bonchev–Trinajstić information content (AvgIpc) is 3.04. The molecule has 0 spiro atoms. The highest BCUT2D eigenvalue weighted by molar-refractivity contribution is 6.32. The Kier molecular flexibility index (Phi) is 4.77. The normalized spacial score (nSPS) is 16.7. The van der Waals surface area contributed by atoms with E-state index in [1.165, 1.54) is 6.07 Å². The number of rotatable bonds is 2. The molecular formula is C22H23ClN2O4. The number of aryl methyl sites for hydroxylation is 2. The van der Waals surface area contributed by atoms with Crippen molar-refractivity contribution in [1.29, 1.82) is 0 Å². The highest BCUT2D eigenvalue weighted by Crippen LogP contribution is 2.39. The lowest BCUT2D eigenvalue weighted by Gasteiger charge is -2.33. The molecule has 0 saturated heterocycles. The molecule has 2 aromatic heterocycles. The van der Waals surface area contributed by atoms with Gasteiger partial charge in [0.2, 0.25) is 5.88 Å². The molecule has 0 saturated carbocycles. The van der Waals surface area contributed by atoms with Crippen molar-refractivity contribution in [1.82, 2.24) is 5.16 Å². The Morgan fingerprint density at radius 2 is 2.03 bits per heavy atom. The van der Waals surface area contributed by atoms with Gasteiger partial charge in [0.05, 0.1) is 11.1 Å². The molecule has 0 radical (unpaired) electrons. The summed E-state index contributed by atoms with van der Waals surface area (Å²) in [5.74, 6) is 0.163. The molecule has 1 aliphatic carbocycles. The van der Waals surface area contributed by atoms with Gasteiger partial charge in [-0.2, -0.15) is 0 Å². The Hall–Kier alpha value is -2.60. The van der Waals surface area contributed by atoms with Gasteiger partial charge in [0.1, 0.15) is 5.58 Å². The van der Waals surface area contributed by atoms with Gasteiger partial charge in [-0.25, -0.2) is 0 Å². The third-order valence-corrected chi connectivity index (χ3v) is 6.14. The first-order valence-corrected chi connectivity index (χ1v) is 10.0. The van der Waals surface area contributed by atoms with Crippen molar-refractivity contribution in [3.05, 3.63) is 56.0 Å². The Bertz CT molecular complexity index is 1170. The molecule has 4 rings (SSSR count). The number of amides is 1. The van der Waals surface area contributed by atoms with Gasteiger partial charge < -0.3 is 8.94 Å². The highest BCUT2D eigenvalue weighted by Gasteiger charge is 2.33. The van der Waals surface area contributed by atoms with Crippen LogP contribution in [0, 0.1) is 18.3 Å². The maximum absolute atomic E-state index is 12.8. The fourth-order valence-electron chi connectivity index (χ4n) is 3.80. The summed E-state index contributed by atoms with van der Waals surface area (Å²) in [4.78, 5) is 25.2. The number of aromatic nitrogens is 1. The third kappa shape index (κ3) is 3.69. The first kappa shape index (κ1) is 19.7. The molecule has 0 fully saturated rings. The number of fused-ring (bicyclic) bond motifs is 2. The summed E-state index contributed by atoms with van der Waals surface area (Å²) in [5.41, 5.74) is 2.71. The van der Waals surface area contributed by atoms with E-state index in [4.69, 9.17) is 20.5 Å². The fourth-order valence-corrected chi connectivity index (χ4v) is 3.96. The Labute approximate surface area is 173 Å². The molecule has 0 unspecified atom stereocenters. The van der Waals surface area contributed by atoms with Crippen molar-refractivity contribution in [3.8, 4) is 0 Å². The first-order valence-electron chi connectivity index (χ1n) is 9.66. The van der Waals surface area contributed by atoms with Crippen molar-refractivity contribution >= 4 is 34.4 Å². The molecule has 6 nitrogen and oxygen atoms in total. The smallest absolute Gasteiger partial charge is 0.293 e. The van der Waals surface area contributed by atoms with Gasteiger partial charge in [-0.1, -0.05) is 37.5 Å². The summed E-state index contributed by atoms with van der Waals surface area (Å²) in [6.07, 6.45) is 2.65. The quantitative estimate of drug-likeness (QED) is 0.627. The SMILES string of the molecule is Cc1cc2oc(C(=O)Nc3onc4c3C[C@@H](C(C)(C)C)CC4)cc(=O)c2cc1Cl. The molecule has 7 heteroatoms. The van der Waals surface area contributed by atoms with E-state index in [9.17, 15) is 9.59 Å². The molecule has 3 aromatic rings. The standard InChI is InChI=1S/C22H23ClN2O4/c1-11-7-18-14(9-15(11)23)17(26)10-19(28-18)20(27)24-21-13-8-12(22(2,3)4)5-6-16(13)25-29-21/h7,9-10,12H,5-6,8H2,1-4H3,(H,24,27)/t12-/m0/s1. The Morgan fingerprint density at radius 3 is 2.76 bits per heavy atom. The molecule has 29 heavy (non-hydrogen) atoms. The molecule has 0 bridgehead atoms. The van der Waals surface area contributed by atoms with Crippen LogP contribution in [0.5, 0.6) is 0 Å². The second-order valence-corrected chi connectivity index (χ2v) is 9.18. The number of carbonyl (C=O) groups is 1. The van der Waals surface area contributed by atoms with Crippen LogP contribution in [0.4, 0.5) is 5.88 Å². The highest BCUT2D eigenvalue weighted by atomic mass is 35.5. The minimum atomic E-state index is -0.548. The van der Waals surface area contributed by atoms with Gasteiger partial charge in [-0.15, -0.1) is 0 Å². The first-order chi connectivity index (χ1) is 13.6. The fraction of sp³-hybridized carbons (Fsp3) is 0.409. The largest absolute Gasteiger partial charge is 0.451 e. The van der Waals surface area contributed by atoms with E-state index in [2.05, 4.69) is 31.2 Å². The number of nitrogens with one attached hydrogen (secondary N) is 1. The van der Waals surface area contributed by atoms with Crippen molar-refractivity contribution in [3.63, 3.8) is 0 Å². The van der Waals surface area contributed by atoms with Crippen LogP contribution in [0.25, 0.3) is 11.0 Å². The van der Waals surface area contributed by atoms with E-state index in [0.29, 0.717) is 27.8 Å². The molecule has 1 aromatic carbocycles. The topological polar surface area (TPSA) is 85.3 Å². The monoisotopic (exact) mass is 414 g/mol. The maximum Gasteiger partial charge on any atom is 0.293 e. The second kappa shape index (κ2) is 7.02. The summed E-state index contributed by atoms with van der Waals surface area (Å²) in [5, 5.41) is 7.65. The molecule has 0 aliphatic heterocycles. The minimum Gasteiger partial charge on any atom is -0.451 e. The molecule has 1 amide bonds. The van der Waals surface area contributed by atoms with Crippen LogP contribution in [0.3, 0.4) is 0 Å². The molecule has 1 N–H and O–H groups in total. The maximum atomic E-state index is 12.8. The van der Waals surface area contributed by atoms with Crippen LogP contribution < -0.4 is 10.7 Å². The molecule has 2 heterocycles. The Balaban J connectivity index is 1.64. The lowest BCUT2D eigenvalue weighted by molar-refractivity contribution is 0.0994. The number of hydrogen-bond donors (Lipinski definition) is 1. The predicted molar refractivity (Wildman–Crippen MR) is 112 cm³/mol. The van der Waals surface area contributed by atoms with E-state index in [1.54, 1.807) is 19.1 Å². The zero-order valence-corrected chi connectivity index (χ0v) is 17.6. The summed E-state index contributed by atoms with van der Waals surface area (Å²) >= 11 is 6.09. The van der Waals surface area contributed by atoms with Gasteiger partial charge in [0, 0.05) is 16.7 Å². The van der Waals surface area contributed by atoms with E-state index in [1.807, 2.05) is 0 Å². The summed E-state index contributed by atoms with van der Waals surface area (Å²) < 4.78 is 11.1. The number of nitrogens with zero attached hydrogens (tertiary/aromatic N) is 1.